The summed E-state index contributed by atoms with van der Waals surface area (Å²) in [5.74, 6) is -0.247. The number of nitrogens with zero attached hydrogens (tertiary/aromatic N) is 4. The van der Waals surface area contributed by atoms with Crippen LogP contribution in [-0.2, 0) is 13.0 Å². The van der Waals surface area contributed by atoms with Crippen LogP contribution in [0.5, 0.6) is 0 Å². The number of imidazole rings is 1. The molecule has 40 heavy (non-hydrogen) atoms. The first-order valence-corrected chi connectivity index (χ1v) is 13.2. The van der Waals surface area contributed by atoms with Crippen molar-refractivity contribution in [2.24, 2.45) is 4.99 Å². The number of carbonyl (C=O) groups is 2. The van der Waals surface area contributed by atoms with Crippen LogP contribution in [-0.4, -0.2) is 37.8 Å². The topological polar surface area (TPSA) is 102 Å². The van der Waals surface area contributed by atoms with Crippen LogP contribution in [0.15, 0.2) is 102 Å². The zero-order valence-corrected chi connectivity index (χ0v) is 22.5. The second-order valence-corrected chi connectivity index (χ2v) is 9.92. The first-order valence-electron chi connectivity index (χ1n) is 13.2. The average molecular weight is 534 g/mol. The van der Waals surface area contributed by atoms with Gasteiger partial charge < -0.3 is 19.6 Å². The van der Waals surface area contributed by atoms with Crippen LogP contribution in [0.3, 0.4) is 0 Å². The van der Waals surface area contributed by atoms with Crippen molar-refractivity contribution in [3.8, 4) is 0 Å². The monoisotopic (exact) mass is 533 g/mol. The van der Waals surface area contributed by atoms with Crippen molar-refractivity contribution in [2.45, 2.75) is 32.9 Å². The Bertz CT molecular complexity index is 1700. The summed E-state index contributed by atoms with van der Waals surface area (Å²) in [6, 6.07) is 27.3. The Balaban J connectivity index is 1.64. The van der Waals surface area contributed by atoms with E-state index < -0.39 is 6.09 Å². The average Bonchev–Trinajstić information content (AvgIpc) is 3.25. The zero-order chi connectivity index (χ0) is 28.1. The number of carbonyl (C=O) groups excluding carboxylic acids is 1. The second-order valence-electron chi connectivity index (χ2n) is 9.92. The Hall–Kier alpha value is -4.98. The van der Waals surface area contributed by atoms with Crippen LogP contribution in [0, 0.1) is 13.8 Å². The maximum Gasteiger partial charge on any atom is 0.434 e. The third kappa shape index (κ3) is 6.02. The van der Waals surface area contributed by atoms with Gasteiger partial charge in [-0.2, -0.15) is 0 Å². The molecule has 8 heteroatoms. The Labute approximate surface area is 232 Å². The molecule has 0 saturated carbocycles. The van der Waals surface area contributed by atoms with Crippen molar-refractivity contribution in [3.05, 3.63) is 131 Å². The lowest BCUT2D eigenvalue weighted by atomic mass is 10.0. The number of aromatic nitrogens is 3. The lowest BCUT2D eigenvalue weighted by Crippen LogP contribution is -2.38. The van der Waals surface area contributed by atoms with Crippen molar-refractivity contribution in [3.63, 3.8) is 0 Å². The second kappa shape index (κ2) is 11.8. The lowest BCUT2D eigenvalue weighted by Gasteiger charge is -2.21. The van der Waals surface area contributed by atoms with Gasteiger partial charge in [-0.3, -0.25) is 9.78 Å². The van der Waals surface area contributed by atoms with Gasteiger partial charge in [-0.1, -0.05) is 71.8 Å². The first kappa shape index (κ1) is 26.6. The third-order valence-corrected chi connectivity index (χ3v) is 6.92. The molecule has 5 rings (SSSR count). The fraction of sp³-hybridized carbons (Fsp3) is 0.188. The number of nitrogens with one attached hydrogen (secondary N) is 1. The summed E-state index contributed by atoms with van der Waals surface area (Å²) in [5.41, 5.74) is 6.85. The number of benzene rings is 3. The molecule has 0 radical (unpaired) electrons. The molecule has 202 valence electrons. The molecular weight excluding hydrogens is 502 g/mol. The number of hydrogen-bond donors (Lipinski definition) is 2. The minimum Gasteiger partial charge on any atom is -0.463 e. The predicted octanol–water partition coefficient (Wildman–Crippen LogP) is 5.30. The summed E-state index contributed by atoms with van der Waals surface area (Å²) < 4.78 is 3.88. The molecular formula is C32H31N5O3. The first-order chi connectivity index (χ1) is 19.4. The number of carboxylic acid groups (broad SMARTS) is 1. The van der Waals surface area contributed by atoms with E-state index in [1.165, 1.54) is 6.20 Å². The molecule has 3 aromatic carbocycles. The van der Waals surface area contributed by atoms with Crippen molar-refractivity contribution < 1.29 is 14.7 Å². The maximum atomic E-state index is 13.0. The molecule has 0 aliphatic carbocycles. The van der Waals surface area contributed by atoms with Crippen molar-refractivity contribution in [1.29, 1.82) is 0 Å². The van der Waals surface area contributed by atoms with Crippen LogP contribution in [0.25, 0.3) is 11.0 Å². The Kier molecular flexibility index (Phi) is 7.87. The summed E-state index contributed by atoms with van der Waals surface area (Å²) in [4.78, 5) is 33.2. The van der Waals surface area contributed by atoms with E-state index in [2.05, 4.69) is 39.6 Å². The van der Waals surface area contributed by atoms with Gasteiger partial charge in [0.15, 0.2) is 0 Å². The summed E-state index contributed by atoms with van der Waals surface area (Å²) in [6.07, 6.45) is 2.42. The molecule has 2 heterocycles. The van der Waals surface area contributed by atoms with Gasteiger partial charge >= 0.3 is 6.09 Å². The molecule has 0 bridgehead atoms. The molecule has 1 atom stereocenters. The fourth-order valence-corrected chi connectivity index (χ4v) is 4.89. The summed E-state index contributed by atoms with van der Waals surface area (Å²) in [7, 11) is 0. The molecule has 5 aromatic rings. The van der Waals surface area contributed by atoms with E-state index in [9.17, 15) is 14.7 Å². The molecule has 1 unspecified atom stereocenters. The quantitative estimate of drug-likeness (QED) is 0.283. The molecule has 2 amide bonds. The van der Waals surface area contributed by atoms with Gasteiger partial charge in [-0.05, 0) is 55.7 Å². The Morgan fingerprint density at radius 2 is 1.52 bits per heavy atom. The van der Waals surface area contributed by atoms with Crippen LogP contribution in [0.2, 0.25) is 0 Å². The van der Waals surface area contributed by atoms with Gasteiger partial charge in [0.2, 0.25) is 5.62 Å². The standard InChI is InChI=1S/C32H31N5O3/c1-22-9-13-24(14-10-22)18-27(20-34-30(38)26-6-5-17-33-19-26)37-29-8-4-3-7-28(29)36(31(37)35-32(39)40)21-25-15-11-23(2)12-16-25/h3-17,19,27H,18,20-21H2,1-2H3,(H,34,38)(H,39,40). The highest BCUT2D eigenvalue weighted by molar-refractivity contribution is 5.93. The van der Waals surface area contributed by atoms with E-state index in [0.29, 0.717) is 24.1 Å². The summed E-state index contributed by atoms with van der Waals surface area (Å²) in [5, 5.41) is 12.9. The van der Waals surface area contributed by atoms with E-state index >= 15 is 0 Å². The van der Waals surface area contributed by atoms with Crippen molar-refractivity contribution >= 4 is 23.0 Å². The number of amides is 2. The van der Waals surface area contributed by atoms with Crippen LogP contribution in [0.4, 0.5) is 4.79 Å². The largest absolute Gasteiger partial charge is 0.463 e. The highest BCUT2D eigenvalue weighted by Gasteiger charge is 2.22. The minimum absolute atomic E-state index is 0.247. The molecule has 2 aromatic heterocycles. The maximum absolute atomic E-state index is 13.0. The number of fused-ring (bicyclic) bond motifs is 1. The molecule has 0 fully saturated rings. The number of aryl methyl sites for hydroxylation is 2. The fourth-order valence-electron chi connectivity index (χ4n) is 4.89. The Morgan fingerprint density at radius 3 is 2.15 bits per heavy atom. The van der Waals surface area contributed by atoms with Gasteiger partial charge in [0.25, 0.3) is 5.91 Å². The predicted molar refractivity (Wildman–Crippen MR) is 154 cm³/mol. The number of hydrogen-bond acceptors (Lipinski definition) is 3. The SMILES string of the molecule is Cc1ccc(CC(CNC(=O)c2cccnc2)n2c(=NC(=O)O)n(Cc3ccc(C)cc3)c3ccccc32)cc1. The van der Waals surface area contributed by atoms with Gasteiger partial charge in [-0.25, -0.2) is 4.79 Å². The molecule has 2 N–H and O–H groups in total. The molecule has 0 aliphatic rings. The van der Waals surface area contributed by atoms with Crippen molar-refractivity contribution in [1.82, 2.24) is 19.4 Å². The van der Waals surface area contributed by atoms with E-state index in [0.717, 1.165) is 33.3 Å². The van der Waals surface area contributed by atoms with Crippen molar-refractivity contribution in [2.75, 3.05) is 6.54 Å². The molecule has 0 spiro atoms. The van der Waals surface area contributed by atoms with Crippen LogP contribution >= 0.6 is 0 Å². The van der Waals surface area contributed by atoms with Gasteiger partial charge in [-0.15, -0.1) is 4.99 Å². The van der Waals surface area contributed by atoms with Gasteiger partial charge in [0, 0.05) is 18.9 Å². The number of para-hydroxylation sites is 2. The minimum atomic E-state index is -1.28. The number of pyridine rings is 1. The molecule has 0 aliphatic heterocycles. The zero-order valence-electron chi connectivity index (χ0n) is 22.5. The number of rotatable bonds is 8. The third-order valence-electron chi connectivity index (χ3n) is 6.92. The smallest absolute Gasteiger partial charge is 0.434 e. The summed E-state index contributed by atoms with van der Waals surface area (Å²) >= 11 is 0. The highest BCUT2D eigenvalue weighted by Crippen LogP contribution is 2.22. The van der Waals surface area contributed by atoms with E-state index in [1.807, 2.05) is 71.5 Å². The normalized spacial score (nSPS) is 12.4. The molecule has 0 saturated heterocycles. The Morgan fingerprint density at radius 1 is 0.875 bits per heavy atom. The van der Waals surface area contributed by atoms with E-state index in [1.54, 1.807) is 18.3 Å². The van der Waals surface area contributed by atoms with Crippen LogP contribution < -0.4 is 10.9 Å². The summed E-state index contributed by atoms with van der Waals surface area (Å²) in [6.45, 7) is 4.77. The molecule has 8 nitrogen and oxygen atoms in total. The highest BCUT2D eigenvalue weighted by atomic mass is 16.4. The van der Waals surface area contributed by atoms with Crippen LogP contribution in [0.1, 0.15) is 38.7 Å². The van der Waals surface area contributed by atoms with E-state index in [4.69, 9.17) is 0 Å². The van der Waals surface area contributed by atoms with Gasteiger partial charge in [0.1, 0.15) is 0 Å². The lowest BCUT2D eigenvalue weighted by molar-refractivity contribution is 0.0947. The van der Waals surface area contributed by atoms with Gasteiger partial charge in [0.05, 0.1) is 29.2 Å². The van der Waals surface area contributed by atoms with E-state index in [-0.39, 0.29) is 18.5 Å².